The summed E-state index contributed by atoms with van der Waals surface area (Å²) in [5.74, 6) is -1.12. The van der Waals surface area contributed by atoms with Gasteiger partial charge >= 0.3 is 5.97 Å². The molecule has 0 fully saturated rings. The quantitative estimate of drug-likeness (QED) is 0.857. The smallest absolute Gasteiger partial charge is 0.305 e. The number of nitrogens with one attached hydrogen (secondary N) is 1. The Labute approximate surface area is 115 Å². The fourth-order valence-electron chi connectivity index (χ4n) is 2.16. The zero-order valence-corrected chi connectivity index (χ0v) is 11.3. The fourth-order valence-corrected chi connectivity index (χ4v) is 2.16. The first-order chi connectivity index (χ1) is 9.52. The maximum absolute atomic E-state index is 12.4. The van der Waals surface area contributed by atoms with Crippen LogP contribution in [0.4, 0.5) is 0 Å². The second kappa shape index (κ2) is 5.68. The minimum absolute atomic E-state index is 0.0776. The molecule has 0 aliphatic carbocycles. The summed E-state index contributed by atoms with van der Waals surface area (Å²) in [5.41, 5.74) is 1.77. The Morgan fingerprint density at radius 1 is 1.35 bits per heavy atom. The molecule has 1 heterocycles. The molecule has 7 nitrogen and oxygen atoms in total. The van der Waals surface area contributed by atoms with Gasteiger partial charge in [-0.3, -0.25) is 9.59 Å². The Morgan fingerprint density at radius 2 is 2.05 bits per heavy atom. The van der Waals surface area contributed by atoms with Crippen LogP contribution in [0.2, 0.25) is 0 Å². The topological polar surface area (TPSA) is 99.2 Å². The van der Waals surface area contributed by atoms with Gasteiger partial charge < -0.3 is 10.0 Å². The molecule has 0 saturated heterocycles. The van der Waals surface area contributed by atoms with Gasteiger partial charge in [0.05, 0.1) is 6.42 Å². The minimum Gasteiger partial charge on any atom is -0.481 e. The fraction of sp³-hybridized carbons (Fsp3) is 0.385. The number of carbonyl (C=O) groups excluding carboxylic acids is 1. The maximum Gasteiger partial charge on any atom is 0.305 e. The van der Waals surface area contributed by atoms with Crippen molar-refractivity contribution in [3.8, 4) is 0 Å². The Kier molecular flexibility index (Phi) is 3.97. The van der Waals surface area contributed by atoms with E-state index in [4.69, 9.17) is 5.11 Å². The van der Waals surface area contributed by atoms with Crippen molar-refractivity contribution in [2.24, 2.45) is 0 Å². The molecule has 7 heteroatoms. The molecule has 0 aliphatic heterocycles. The number of benzene rings is 1. The number of nitrogens with zero attached hydrogens (tertiary/aromatic N) is 3. The molecule has 1 unspecified atom stereocenters. The molecule has 0 radical (unpaired) electrons. The van der Waals surface area contributed by atoms with Crippen molar-refractivity contribution in [3.63, 3.8) is 0 Å². The molecule has 20 heavy (non-hydrogen) atoms. The number of aromatic nitrogens is 3. The highest BCUT2D eigenvalue weighted by molar-refractivity contribution is 5.97. The van der Waals surface area contributed by atoms with Gasteiger partial charge in [-0.1, -0.05) is 0 Å². The van der Waals surface area contributed by atoms with Crippen LogP contribution >= 0.6 is 0 Å². The number of aliphatic carboxylic acids is 1. The van der Waals surface area contributed by atoms with Crippen molar-refractivity contribution in [3.05, 3.63) is 23.8 Å². The van der Waals surface area contributed by atoms with E-state index < -0.39 is 5.97 Å². The number of carbonyl (C=O) groups is 2. The molecule has 0 saturated carbocycles. The highest BCUT2D eigenvalue weighted by atomic mass is 16.4. The van der Waals surface area contributed by atoms with E-state index in [0.717, 1.165) is 0 Å². The molecule has 1 atom stereocenters. The molecular formula is C13H16N4O3. The first kappa shape index (κ1) is 14.0. The highest BCUT2D eigenvalue weighted by Crippen LogP contribution is 2.15. The van der Waals surface area contributed by atoms with Crippen LogP contribution in [0.5, 0.6) is 0 Å². The van der Waals surface area contributed by atoms with Crippen molar-refractivity contribution in [2.75, 3.05) is 6.54 Å². The zero-order valence-electron chi connectivity index (χ0n) is 11.3. The van der Waals surface area contributed by atoms with Crippen molar-refractivity contribution in [1.29, 1.82) is 0 Å². The molecule has 106 valence electrons. The van der Waals surface area contributed by atoms with Gasteiger partial charge in [0.1, 0.15) is 11.0 Å². The van der Waals surface area contributed by atoms with Crippen LogP contribution in [0.25, 0.3) is 11.0 Å². The SMILES string of the molecule is CCN(C(=O)c1ccc2n[nH]nc2c1)C(C)CC(=O)O. The minimum atomic E-state index is -0.921. The van der Waals surface area contributed by atoms with Crippen LogP contribution in [0.3, 0.4) is 0 Å². The van der Waals surface area contributed by atoms with Gasteiger partial charge in [-0.05, 0) is 32.0 Å². The summed E-state index contributed by atoms with van der Waals surface area (Å²) < 4.78 is 0. The van der Waals surface area contributed by atoms with E-state index in [2.05, 4.69) is 15.4 Å². The van der Waals surface area contributed by atoms with Crippen LogP contribution in [0, 0.1) is 0 Å². The van der Waals surface area contributed by atoms with Crippen molar-refractivity contribution in [2.45, 2.75) is 26.3 Å². The Morgan fingerprint density at radius 3 is 2.70 bits per heavy atom. The number of aromatic amines is 1. The predicted octanol–water partition coefficient (Wildman–Crippen LogP) is 1.28. The predicted molar refractivity (Wildman–Crippen MR) is 72.3 cm³/mol. The lowest BCUT2D eigenvalue weighted by molar-refractivity contribution is -0.138. The van der Waals surface area contributed by atoms with E-state index in [9.17, 15) is 9.59 Å². The second-order valence-corrected chi connectivity index (χ2v) is 4.57. The average Bonchev–Trinajstić information content (AvgIpc) is 2.85. The molecule has 0 bridgehead atoms. The lowest BCUT2D eigenvalue weighted by Gasteiger charge is -2.27. The lowest BCUT2D eigenvalue weighted by atomic mass is 10.1. The monoisotopic (exact) mass is 276 g/mol. The molecule has 0 aliphatic rings. The molecular weight excluding hydrogens is 260 g/mol. The molecule has 2 aromatic rings. The van der Waals surface area contributed by atoms with E-state index in [1.807, 2.05) is 6.92 Å². The number of H-pyrrole nitrogens is 1. The number of hydrogen-bond donors (Lipinski definition) is 2. The number of carboxylic acids is 1. The summed E-state index contributed by atoms with van der Waals surface area (Å²) in [5, 5.41) is 19.2. The van der Waals surface area contributed by atoms with Crippen molar-refractivity contribution in [1.82, 2.24) is 20.3 Å². The average molecular weight is 276 g/mol. The summed E-state index contributed by atoms with van der Waals surface area (Å²) >= 11 is 0. The van der Waals surface area contributed by atoms with E-state index in [1.54, 1.807) is 25.1 Å². The summed E-state index contributed by atoms with van der Waals surface area (Å²) in [6.07, 6.45) is -0.0776. The molecule has 2 N–H and O–H groups in total. The summed E-state index contributed by atoms with van der Waals surface area (Å²) in [4.78, 5) is 24.7. The van der Waals surface area contributed by atoms with Crippen molar-refractivity contribution >= 4 is 22.9 Å². The third-order valence-electron chi connectivity index (χ3n) is 3.17. The number of amides is 1. The number of fused-ring (bicyclic) bond motifs is 1. The number of carboxylic acid groups (broad SMARTS) is 1. The number of rotatable bonds is 5. The first-order valence-corrected chi connectivity index (χ1v) is 6.36. The zero-order chi connectivity index (χ0) is 14.7. The Balaban J connectivity index is 2.24. The molecule has 1 aromatic carbocycles. The van der Waals surface area contributed by atoms with E-state index in [-0.39, 0.29) is 18.4 Å². The van der Waals surface area contributed by atoms with Gasteiger partial charge in [0.2, 0.25) is 0 Å². The van der Waals surface area contributed by atoms with E-state index in [1.165, 1.54) is 4.90 Å². The molecule has 1 amide bonds. The summed E-state index contributed by atoms with van der Waals surface area (Å²) in [7, 11) is 0. The van der Waals surface area contributed by atoms with Gasteiger partial charge in [-0.25, -0.2) is 0 Å². The van der Waals surface area contributed by atoms with E-state index >= 15 is 0 Å². The van der Waals surface area contributed by atoms with Gasteiger partial charge in [0.25, 0.3) is 5.91 Å². The standard InChI is InChI=1S/C13H16N4O3/c1-3-17(8(2)6-12(18)19)13(20)9-4-5-10-11(7-9)15-16-14-10/h4-5,7-8H,3,6H2,1-2H3,(H,18,19)(H,14,15,16). The van der Waals surface area contributed by atoms with E-state index in [0.29, 0.717) is 23.1 Å². The van der Waals surface area contributed by atoms with Crippen LogP contribution in [-0.2, 0) is 4.79 Å². The first-order valence-electron chi connectivity index (χ1n) is 6.36. The van der Waals surface area contributed by atoms with Crippen LogP contribution in [0.15, 0.2) is 18.2 Å². The van der Waals surface area contributed by atoms with Crippen LogP contribution in [-0.4, -0.2) is 49.9 Å². The van der Waals surface area contributed by atoms with Gasteiger partial charge in [0, 0.05) is 18.2 Å². The number of hydrogen-bond acceptors (Lipinski definition) is 4. The molecule has 0 spiro atoms. The van der Waals surface area contributed by atoms with Gasteiger partial charge in [-0.15, -0.1) is 0 Å². The van der Waals surface area contributed by atoms with Crippen molar-refractivity contribution < 1.29 is 14.7 Å². The van der Waals surface area contributed by atoms with Gasteiger partial charge in [-0.2, -0.15) is 15.4 Å². The Hall–Kier alpha value is -2.44. The van der Waals surface area contributed by atoms with Crippen LogP contribution in [0.1, 0.15) is 30.6 Å². The summed E-state index contributed by atoms with van der Waals surface area (Å²) in [6.45, 7) is 4.00. The summed E-state index contributed by atoms with van der Waals surface area (Å²) in [6, 6.07) is 4.67. The second-order valence-electron chi connectivity index (χ2n) is 4.57. The lowest BCUT2D eigenvalue weighted by Crippen LogP contribution is -2.39. The molecule has 2 rings (SSSR count). The third-order valence-corrected chi connectivity index (χ3v) is 3.17. The third kappa shape index (κ3) is 2.76. The van der Waals surface area contributed by atoms with Gasteiger partial charge in [0.15, 0.2) is 0 Å². The normalized spacial score (nSPS) is 12.3. The molecule has 1 aromatic heterocycles. The largest absolute Gasteiger partial charge is 0.481 e. The maximum atomic E-state index is 12.4. The Bertz CT molecular complexity index is 637. The highest BCUT2D eigenvalue weighted by Gasteiger charge is 2.22. The van der Waals surface area contributed by atoms with Crippen LogP contribution < -0.4 is 0 Å².